The van der Waals surface area contributed by atoms with Crippen molar-refractivity contribution >= 4 is 71.3 Å². The van der Waals surface area contributed by atoms with Crippen molar-refractivity contribution in [1.29, 1.82) is 0 Å². The number of furan rings is 2. The van der Waals surface area contributed by atoms with E-state index in [-0.39, 0.29) is 6.04 Å². The summed E-state index contributed by atoms with van der Waals surface area (Å²) in [5.41, 5.74) is 13.1. The fourth-order valence-electron chi connectivity index (χ4n) is 9.61. The van der Waals surface area contributed by atoms with Gasteiger partial charge in [0.2, 0.25) is 0 Å². The summed E-state index contributed by atoms with van der Waals surface area (Å²) in [5.74, 6) is 1.78. The number of fused-ring (bicyclic) bond motifs is 9. The van der Waals surface area contributed by atoms with Crippen molar-refractivity contribution in [2.45, 2.75) is 12.5 Å². The lowest BCUT2D eigenvalue weighted by molar-refractivity contribution is 0.653. The van der Waals surface area contributed by atoms with Gasteiger partial charge in [0.1, 0.15) is 22.3 Å². The molecule has 6 heteroatoms. The van der Waals surface area contributed by atoms with E-state index >= 15 is 0 Å². The third kappa shape index (κ3) is 5.83. The van der Waals surface area contributed by atoms with E-state index < -0.39 is 0 Å². The van der Waals surface area contributed by atoms with Crippen LogP contribution in [-0.4, -0.2) is 19.5 Å². The Morgan fingerprint density at radius 1 is 0.413 bits per heavy atom. The molecule has 0 bridgehead atoms. The molecular weight excluding hydrogens is 773 g/mol. The van der Waals surface area contributed by atoms with Crippen LogP contribution < -0.4 is 0 Å². The van der Waals surface area contributed by atoms with E-state index in [4.69, 9.17) is 23.8 Å². The highest BCUT2D eigenvalue weighted by atomic mass is 16.3. The molecule has 1 unspecified atom stereocenters. The molecule has 1 aliphatic rings. The summed E-state index contributed by atoms with van der Waals surface area (Å²) in [6, 6.07) is 63.7. The van der Waals surface area contributed by atoms with E-state index in [0.29, 0.717) is 23.9 Å². The van der Waals surface area contributed by atoms with Crippen molar-refractivity contribution in [2.24, 2.45) is 0 Å². The molecule has 63 heavy (non-hydrogen) atoms. The van der Waals surface area contributed by atoms with Crippen LogP contribution in [0.4, 0.5) is 0 Å². The summed E-state index contributed by atoms with van der Waals surface area (Å²) >= 11 is 0. The van der Waals surface area contributed by atoms with Crippen LogP contribution in [0.3, 0.4) is 0 Å². The minimum atomic E-state index is -0.00517. The molecule has 0 amide bonds. The van der Waals surface area contributed by atoms with Crippen LogP contribution >= 0.6 is 0 Å². The summed E-state index contributed by atoms with van der Waals surface area (Å²) < 4.78 is 15.2. The van der Waals surface area contributed by atoms with Crippen molar-refractivity contribution in [3.05, 3.63) is 206 Å². The van der Waals surface area contributed by atoms with Gasteiger partial charge in [-0.05, 0) is 82.4 Å². The lowest BCUT2D eigenvalue weighted by atomic mass is 9.97. The Morgan fingerprint density at radius 2 is 1.03 bits per heavy atom. The van der Waals surface area contributed by atoms with Crippen LogP contribution in [0.15, 0.2) is 209 Å². The van der Waals surface area contributed by atoms with Crippen LogP contribution in [0.2, 0.25) is 0 Å². The average Bonchev–Trinajstić information content (AvgIpc) is 4.03. The zero-order chi connectivity index (χ0) is 41.4. The largest absolute Gasteiger partial charge is 0.456 e. The second-order valence-corrected chi connectivity index (χ2v) is 16.3. The van der Waals surface area contributed by atoms with Gasteiger partial charge in [0.05, 0.1) is 17.1 Å². The molecule has 1 atom stereocenters. The standard InChI is InChI=1S/C57H36N4O2/c1-2-13-35(14-3-1)36-15-10-16-37(31-36)38-27-29-43-42-19-4-7-24-49(42)61(50(43)34-38)41-18-11-17-39(32-41)55-58-56(40-28-30-53-48(33-40)45-21-6-8-25-51(45)62-53)60-57(59-55)47-23-12-22-46-44-20-5-9-26-52(44)63-54(46)47/h1-31,33-34,41H,32H2. The molecule has 4 aromatic heterocycles. The fraction of sp³-hybridized carbons (Fsp3) is 0.0351. The molecular formula is C57H36N4O2. The van der Waals surface area contributed by atoms with E-state index in [2.05, 4.69) is 150 Å². The number of rotatable bonds is 6. The first-order valence-electron chi connectivity index (χ1n) is 21.3. The quantitative estimate of drug-likeness (QED) is 0.167. The molecule has 13 rings (SSSR count). The highest BCUT2D eigenvalue weighted by molar-refractivity contribution is 6.11. The monoisotopic (exact) mass is 808 g/mol. The van der Waals surface area contributed by atoms with Gasteiger partial charge < -0.3 is 13.4 Å². The normalized spacial score (nSPS) is 14.2. The summed E-state index contributed by atoms with van der Waals surface area (Å²) in [4.78, 5) is 15.8. The van der Waals surface area contributed by atoms with Gasteiger partial charge in [-0.2, -0.15) is 0 Å². The van der Waals surface area contributed by atoms with Crippen molar-refractivity contribution in [2.75, 3.05) is 0 Å². The maximum Gasteiger partial charge on any atom is 0.167 e. The molecule has 0 N–H and O–H groups in total. The molecule has 0 saturated carbocycles. The lowest BCUT2D eigenvalue weighted by Gasteiger charge is -2.22. The predicted molar refractivity (Wildman–Crippen MR) is 256 cm³/mol. The van der Waals surface area contributed by atoms with Gasteiger partial charge in [-0.3, -0.25) is 0 Å². The molecule has 0 aliphatic heterocycles. The molecule has 12 aromatic rings. The van der Waals surface area contributed by atoms with E-state index in [9.17, 15) is 0 Å². The van der Waals surface area contributed by atoms with Gasteiger partial charge in [-0.15, -0.1) is 0 Å². The van der Waals surface area contributed by atoms with E-state index in [0.717, 1.165) is 60.6 Å². The molecule has 296 valence electrons. The molecule has 0 saturated heterocycles. The fourth-order valence-corrected chi connectivity index (χ4v) is 9.61. The van der Waals surface area contributed by atoms with Gasteiger partial charge in [0, 0.05) is 49.8 Å². The zero-order valence-electron chi connectivity index (χ0n) is 33.9. The van der Waals surface area contributed by atoms with Crippen molar-refractivity contribution in [3.63, 3.8) is 0 Å². The number of nitrogens with zero attached hydrogens (tertiary/aromatic N) is 4. The molecule has 4 heterocycles. The Bertz CT molecular complexity index is 3850. The van der Waals surface area contributed by atoms with Crippen LogP contribution in [0.5, 0.6) is 0 Å². The number of allylic oxidation sites excluding steroid dienone is 4. The number of benzene rings is 8. The maximum absolute atomic E-state index is 6.54. The molecule has 0 spiro atoms. The van der Waals surface area contributed by atoms with Crippen LogP contribution in [0, 0.1) is 0 Å². The molecule has 1 aliphatic carbocycles. The SMILES string of the molecule is C1=CC(n2c3ccccc3c3ccc(-c4cccc(-c5ccccc5)c4)cc32)CC(c2nc(-c3ccc4oc5ccccc5c4c3)nc(-c3cccc4c3oc3ccccc34)n2)=C1. The lowest BCUT2D eigenvalue weighted by Crippen LogP contribution is -2.11. The summed E-state index contributed by atoms with van der Waals surface area (Å²) in [7, 11) is 0. The van der Waals surface area contributed by atoms with E-state index in [1.807, 2.05) is 54.6 Å². The topological polar surface area (TPSA) is 69.9 Å². The second kappa shape index (κ2) is 14.1. The Kier molecular flexibility index (Phi) is 7.93. The molecule has 6 nitrogen and oxygen atoms in total. The first-order chi connectivity index (χ1) is 31.2. The minimum Gasteiger partial charge on any atom is -0.456 e. The summed E-state index contributed by atoms with van der Waals surface area (Å²) in [5, 5.41) is 6.61. The van der Waals surface area contributed by atoms with Crippen molar-refractivity contribution in [1.82, 2.24) is 19.5 Å². The Balaban J connectivity index is 0.951. The Hall–Kier alpha value is -8.35. The van der Waals surface area contributed by atoms with Crippen molar-refractivity contribution < 1.29 is 8.83 Å². The van der Waals surface area contributed by atoms with Gasteiger partial charge in [-0.25, -0.2) is 15.0 Å². The van der Waals surface area contributed by atoms with E-state index in [1.165, 1.54) is 44.1 Å². The third-order valence-corrected chi connectivity index (χ3v) is 12.6. The van der Waals surface area contributed by atoms with Gasteiger partial charge in [-0.1, -0.05) is 146 Å². The molecule has 0 radical (unpaired) electrons. The summed E-state index contributed by atoms with van der Waals surface area (Å²) in [6.45, 7) is 0. The smallest absolute Gasteiger partial charge is 0.167 e. The first-order valence-corrected chi connectivity index (χ1v) is 21.3. The third-order valence-electron chi connectivity index (χ3n) is 12.6. The number of para-hydroxylation sites is 4. The number of hydrogen-bond donors (Lipinski definition) is 0. The molecule has 8 aromatic carbocycles. The highest BCUT2D eigenvalue weighted by Gasteiger charge is 2.24. The van der Waals surface area contributed by atoms with Gasteiger partial charge >= 0.3 is 0 Å². The zero-order valence-corrected chi connectivity index (χ0v) is 33.9. The second-order valence-electron chi connectivity index (χ2n) is 16.3. The minimum absolute atomic E-state index is 0.00517. The summed E-state index contributed by atoms with van der Waals surface area (Å²) in [6.07, 6.45) is 7.29. The number of aromatic nitrogens is 4. The van der Waals surface area contributed by atoms with Crippen molar-refractivity contribution in [3.8, 4) is 45.0 Å². The Morgan fingerprint density at radius 3 is 1.90 bits per heavy atom. The van der Waals surface area contributed by atoms with Gasteiger partial charge in [0.25, 0.3) is 0 Å². The van der Waals surface area contributed by atoms with Crippen LogP contribution in [0.25, 0.3) is 116 Å². The number of hydrogen-bond acceptors (Lipinski definition) is 5. The predicted octanol–water partition coefficient (Wildman–Crippen LogP) is 15.0. The molecule has 0 fully saturated rings. The maximum atomic E-state index is 6.54. The Labute approximate surface area is 361 Å². The van der Waals surface area contributed by atoms with Crippen LogP contribution in [-0.2, 0) is 0 Å². The van der Waals surface area contributed by atoms with Gasteiger partial charge in [0.15, 0.2) is 17.5 Å². The average molecular weight is 809 g/mol. The first kappa shape index (κ1) is 35.4. The highest BCUT2D eigenvalue weighted by Crippen LogP contribution is 2.41. The van der Waals surface area contributed by atoms with E-state index in [1.54, 1.807) is 0 Å². The van der Waals surface area contributed by atoms with Crippen LogP contribution in [0.1, 0.15) is 18.3 Å².